The highest BCUT2D eigenvalue weighted by atomic mass is 32.2. The SMILES string of the molecule is COc1ccc(C(=O)[O-])cc1-[s+]1c2c(c(=O)c3ccccc31)=[C+]C=CC=2.O=S(=O)([O-])C(F)(F)F. The molecule has 1 aliphatic rings. The number of halogens is 3. The van der Waals surface area contributed by atoms with Gasteiger partial charge >= 0.3 is 5.51 Å². The zero-order valence-electron chi connectivity index (χ0n) is 17.1. The largest absolute Gasteiger partial charge is 0.741 e. The highest BCUT2D eigenvalue weighted by molar-refractivity contribution is 7.86. The molecule has 12 heteroatoms. The Hall–Kier alpha value is -3.57. The second-order valence-electron chi connectivity index (χ2n) is 6.59. The van der Waals surface area contributed by atoms with Gasteiger partial charge in [0.05, 0.1) is 35.7 Å². The Balaban J connectivity index is 0.000000350. The first-order chi connectivity index (χ1) is 15.9. The van der Waals surface area contributed by atoms with Crippen LogP contribution in [0.4, 0.5) is 13.2 Å². The van der Waals surface area contributed by atoms with Crippen LogP contribution in [0.2, 0.25) is 0 Å². The van der Waals surface area contributed by atoms with E-state index in [0.29, 0.717) is 21.2 Å². The smallest absolute Gasteiger partial charge is 0.485 e. The molecule has 1 aliphatic carbocycles. The van der Waals surface area contributed by atoms with E-state index in [9.17, 15) is 27.9 Å². The van der Waals surface area contributed by atoms with E-state index in [-0.39, 0.29) is 11.0 Å². The first kappa shape index (κ1) is 25.1. The normalized spacial score (nSPS) is 12.9. The number of ether oxygens (including phenoxy) is 1. The van der Waals surface area contributed by atoms with Gasteiger partial charge in [0.15, 0.2) is 15.9 Å². The fourth-order valence-corrected chi connectivity index (χ4v) is 5.53. The van der Waals surface area contributed by atoms with Gasteiger partial charge in [-0.15, -0.1) is 0 Å². The molecule has 1 heterocycles. The molecule has 0 N–H and O–H groups in total. The highest BCUT2D eigenvalue weighted by Gasteiger charge is 2.37. The zero-order valence-corrected chi connectivity index (χ0v) is 18.7. The molecule has 176 valence electrons. The van der Waals surface area contributed by atoms with Gasteiger partial charge in [0.1, 0.15) is 5.39 Å². The molecule has 3 aromatic rings. The number of hydrogen-bond acceptors (Lipinski definition) is 7. The molecule has 0 fully saturated rings. The molecule has 0 radical (unpaired) electrons. The van der Waals surface area contributed by atoms with Crippen molar-refractivity contribution >= 4 is 48.8 Å². The van der Waals surface area contributed by atoms with Crippen LogP contribution in [0, 0.1) is 0 Å². The molecule has 0 saturated carbocycles. The van der Waals surface area contributed by atoms with Crippen molar-refractivity contribution in [3.8, 4) is 10.6 Å². The molecule has 0 spiro atoms. The molecule has 1 atom stereocenters. The summed E-state index contributed by atoms with van der Waals surface area (Å²) in [7, 11) is -5.23. The number of fused-ring (bicyclic) bond motifs is 2. The number of allylic oxidation sites excluding steroid dienone is 2. The number of alkyl halides is 3. The van der Waals surface area contributed by atoms with Gasteiger partial charge in [-0.3, -0.25) is 0 Å². The number of hydrogen-bond donors (Lipinski definition) is 0. The lowest BCUT2D eigenvalue weighted by Gasteiger charge is -2.08. The van der Waals surface area contributed by atoms with Crippen molar-refractivity contribution in [2.75, 3.05) is 7.11 Å². The molecule has 0 saturated heterocycles. The number of carboxylic acid groups (broad SMARTS) is 1. The van der Waals surface area contributed by atoms with Crippen molar-refractivity contribution in [1.82, 2.24) is 0 Å². The third kappa shape index (κ3) is 4.85. The van der Waals surface area contributed by atoms with Crippen LogP contribution >= 0.6 is 10.5 Å². The maximum atomic E-state index is 12.9. The second-order valence-corrected chi connectivity index (χ2v) is 9.90. The predicted octanol–water partition coefficient (Wildman–Crippen LogP) is 1.37. The Labute approximate surface area is 193 Å². The van der Waals surface area contributed by atoms with Gasteiger partial charge in [-0.1, -0.05) is 12.1 Å². The van der Waals surface area contributed by atoms with Crippen LogP contribution in [0.3, 0.4) is 0 Å². The van der Waals surface area contributed by atoms with Gasteiger partial charge in [0.25, 0.3) is 15.2 Å². The summed E-state index contributed by atoms with van der Waals surface area (Å²) in [6.45, 7) is 0. The van der Waals surface area contributed by atoms with Crippen molar-refractivity contribution in [2.24, 2.45) is 0 Å². The summed E-state index contributed by atoms with van der Waals surface area (Å²) in [4.78, 5) is 24.9. The molecule has 1 unspecified atom stereocenters. The van der Waals surface area contributed by atoms with E-state index in [2.05, 4.69) is 6.08 Å². The summed E-state index contributed by atoms with van der Waals surface area (Å²) < 4.78 is 66.0. The Morgan fingerprint density at radius 3 is 2.38 bits per heavy atom. The Kier molecular flexibility index (Phi) is 6.89. The highest BCUT2D eigenvalue weighted by Crippen LogP contribution is 2.39. The van der Waals surface area contributed by atoms with Crippen LogP contribution in [-0.4, -0.2) is 31.6 Å². The summed E-state index contributed by atoms with van der Waals surface area (Å²) in [6, 6.07) is 12.0. The first-order valence-electron chi connectivity index (χ1n) is 9.17. The minimum atomic E-state index is -6.09. The van der Waals surface area contributed by atoms with Gasteiger partial charge < -0.3 is 19.2 Å². The van der Waals surface area contributed by atoms with Crippen molar-refractivity contribution < 1.29 is 40.8 Å². The monoisotopic (exact) mass is 510 g/mol. The van der Waals surface area contributed by atoms with Gasteiger partial charge in [0, 0.05) is 29.8 Å². The maximum absolute atomic E-state index is 12.9. The average molecular weight is 510 g/mol. The molecule has 1 aromatic heterocycles. The first-order valence-corrected chi connectivity index (χ1v) is 11.8. The molecule has 2 aromatic carbocycles. The van der Waals surface area contributed by atoms with Crippen molar-refractivity contribution in [1.29, 1.82) is 0 Å². The fraction of sp³-hybridized carbons (Fsp3) is 0.0909. The molecule has 0 bridgehead atoms. The summed E-state index contributed by atoms with van der Waals surface area (Å²) in [6.07, 6.45) is 8.46. The molecule has 7 nitrogen and oxygen atoms in total. The Morgan fingerprint density at radius 2 is 1.79 bits per heavy atom. The summed E-state index contributed by atoms with van der Waals surface area (Å²) in [5.74, 6) is -0.684. The number of carbonyl (C=O) groups is 1. The third-order valence-corrected chi connectivity index (χ3v) is 7.42. The number of aromatic carboxylic acids is 1. The standard InChI is InChI=1S/C21H13O4S.CHF3O3S/c1-25-16-11-10-13(21(23)24)12-19(16)26-17-8-4-2-6-14(17)20(22)15-7-3-5-9-18(15)26;2-1(3,4)8(5,6)7/h2-6,8-12H,1H3;(H,5,6,7)/q+1;/p-1. The van der Waals surface area contributed by atoms with Crippen molar-refractivity contribution in [3.63, 3.8) is 0 Å². The maximum Gasteiger partial charge on any atom is 0.485 e. The molecule has 0 aliphatic heterocycles. The number of methoxy groups -OCH3 is 1. The van der Waals surface area contributed by atoms with Crippen molar-refractivity contribution in [3.05, 3.63) is 80.2 Å². The minimum Gasteiger partial charge on any atom is -0.741 e. The average Bonchev–Trinajstić information content (AvgIpc) is 2.78. The lowest BCUT2D eigenvalue weighted by atomic mass is 10.2. The van der Waals surface area contributed by atoms with Crippen LogP contribution in [0.15, 0.2) is 59.4 Å². The topological polar surface area (TPSA) is 124 Å². The summed E-state index contributed by atoms with van der Waals surface area (Å²) in [5.41, 5.74) is -5.65. The second kappa shape index (κ2) is 9.35. The van der Waals surface area contributed by atoms with Crippen LogP contribution < -0.4 is 25.0 Å². The molecular formula is C22H13F3O7S2. The van der Waals surface area contributed by atoms with Crippen LogP contribution in [0.1, 0.15) is 10.4 Å². The number of rotatable bonds is 3. The Bertz CT molecular complexity index is 1600. The van der Waals surface area contributed by atoms with Crippen LogP contribution in [0.5, 0.6) is 5.75 Å². The third-order valence-electron chi connectivity index (χ3n) is 4.52. The van der Waals surface area contributed by atoms with E-state index in [0.717, 1.165) is 9.23 Å². The van der Waals surface area contributed by atoms with E-state index in [1.807, 2.05) is 30.4 Å². The van der Waals surface area contributed by atoms with E-state index in [1.54, 1.807) is 31.4 Å². The van der Waals surface area contributed by atoms with E-state index >= 15 is 0 Å². The summed E-state index contributed by atoms with van der Waals surface area (Å²) in [5, 5.41) is 12.5. The lowest BCUT2D eigenvalue weighted by molar-refractivity contribution is -0.255. The lowest BCUT2D eigenvalue weighted by Crippen LogP contribution is -2.39. The quantitative estimate of drug-likeness (QED) is 0.226. The van der Waals surface area contributed by atoms with Gasteiger partial charge in [-0.05, 0) is 18.2 Å². The van der Waals surface area contributed by atoms with E-state index < -0.39 is 32.1 Å². The fourth-order valence-electron chi connectivity index (χ4n) is 3.05. The van der Waals surface area contributed by atoms with Gasteiger partial charge in [0.2, 0.25) is 9.60 Å². The Morgan fingerprint density at radius 1 is 1.15 bits per heavy atom. The van der Waals surface area contributed by atoms with Gasteiger partial charge in [-0.25, -0.2) is 13.2 Å². The van der Waals surface area contributed by atoms with E-state index in [4.69, 9.17) is 17.7 Å². The van der Waals surface area contributed by atoms with Crippen molar-refractivity contribution in [2.45, 2.75) is 5.51 Å². The van der Waals surface area contributed by atoms with Gasteiger partial charge in [-0.2, -0.15) is 13.2 Å². The van der Waals surface area contributed by atoms with Crippen LogP contribution in [0.25, 0.3) is 27.1 Å². The molecule has 34 heavy (non-hydrogen) atoms. The number of benzene rings is 2. The van der Waals surface area contributed by atoms with E-state index in [1.165, 1.54) is 6.07 Å². The predicted molar refractivity (Wildman–Crippen MR) is 117 cm³/mol. The zero-order chi connectivity index (χ0) is 25.3. The number of carbonyl (C=O) groups excluding carboxylic acids is 1. The summed E-state index contributed by atoms with van der Waals surface area (Å²) >= 11 is 0. The molecule has 4 rings (SSSR count). The number of carboxylic acids is 1. The molecular weight excluding hydrogens is 497 g/mol. The minimum absolute atomic E-state index is 0.0733. The molecule has 0 amide bonds. The van der Waals surface area contributed by atoms with Crippen LogP contribution in [-0.2, 0) is 10.1 Å².